The van der Waals surface area contributed by atoms with Gasteiger partial charge in [-0.1, -0.05) is 44.2 Å². The molecule has 0 heterocycles. The third-order valence-corrected chi connectivity index (χ3v) is 5.16. The summed E-state index contributed by atoms with van der Waals surface area (Å²) in [7, 11) is 0. The van der Waals surface area contributed by atoms with Gasteiger partial charge in [-0.3, -0.25) is 4.79 Å². The van der Waals surface area contributed by atoms with Crippen molar-refractivity contribution in [1.82, 2.24) is 5.32 Å². The molecule has 0 radical (unpaired) electrons. The first-order valence-corrected chi connectivity index (χ1v) is 10.9. The van der Waals surface area contributed by atoms with Crippen molar-refractivity contribution in [1.29, 1.82) is 0 Å². The van der Waals surface area contributed by atoms with Crippen LogP contribution >= 0.6 is 0 Å². The van der Waals surface area contributed by atoms with Crippen LogP contribution in [0.3, 0.4) is 0 Å². The van der Waals surface area contributed by atoms with E-state index < -0.39 is 0 Å². The number of nitrogens with one attached hydrogen (secondary N) is 1. The van der Waals surface area contributed by atoms with Gasteiger partial charge in [0.1, 0.15) is 11.6 Å². The van der Waals surface area contributed by atoms with E-state index in [9.17, 15) is 13.6 Å². The lowest BCUT2D eigenvalue weighted by molar-refractivity contribution is -0.110. The van der Waals surface area contributed by atoms with Crippen LogP contribution in [0.25, 0.3) is 11.1 Å². The summed E-state index contributed by atoms with van der Waals surface area (Å²) in [4.78, 5) is 16.7. The highest BCUT2D eigenvalue weighted by atomic mass is 19.1. The van der Waals surface area contributed by atoms with Crippen LogP contribution in [0.5, 0.6) is 0 Å². The molecule has 3 nitrogen and oxygen atoms in total. The molecule has 2 rings (SSSR count). The predicted molar refractivity (Wildman–Crippen MR) is 137 cm³/mol. The van der Waals surface area contributed by atoms with Gasteiger partial charge in [0.05, 0.1) is 11.8 Å². The van der Waals surface area contributed by atoms with E-state index in [1.54, 1.807) is 30.5 Å². The summed E-state index contributed by atoms with van der Waals surface area (Å²) < 4.78 is 27.1. The number of carbonyl (C=O) groups is 1. The summed E-state index contributed by atoms with van der Waals surface area (Å²) in [6.45, 7) is 10.6. The molecule has 0 amide bonds. The molecular weight excluding hydrogens is 430 g/mol. The average molecular weight is 459 g/mol. The van der Waals surface area contributed by atoms with Gasteiger partial charge in [0, 0.05) is 18.8 Å². The first-order valence-electron chi connectivity index (χ1n) is 10.9. The highest BCUT2D eigenvalue weighted by molar-refractivity contribution is 6.19. The molecule has 2 aromatic carbocycles. The molecule has 174 valence electrons. The third kappa shape index (κ3) is 7.25. The second-order valence-corrected chi connectivity index (χ2v) is 7.63. The normalized spacial score (nSPS) is 12.8. The molecule has 5 heteroatoms. The molecule has 0 atom stereocenters. The number of benzene rings is 2. The Morgan fingerprint density at radius 2 is 1.62 bits per heavy atom. The van der Waals surface area contributed by atoms with Crippen molar-refractivity contribution >= 4 is 23.1 Å². The van der Waals surface area contributed by atoms with Crippen LogP contribution in [-0.4, -0.2) is 18.5 Å². The highest BCUT2D eigenvalue weighted by Gasteiger charge is 2.15. The lowest BCUT2D eigenvalue weighted by Crippen LogP contribution is -2.11. The van der Waals surface area contributed by atoms with Crippen molar-refractivity contribution in [3.8, 4) is 12.5 Å². The Morgan fingerprint density at radius 1 is 1.06 bits per heavy atom. The number of halogens is 2. The zero-order valence-corrected chi connectivity index (χ0v) is 19.7. The monoisotopic (exact) mass is 458 g/mol. The Bertz CT molecular complexity index is 1190. The number of ketones is 1. The maximum absolute atomic E-state index is 13.6. The Balaban J connectivity index is 2.56. The van der Waals surface area contributed by atoms with Gasteiger partial charge in [-0.2, -0.15) is 0 Å². The number of hydrogen-bond acceptors (Lipinski definition) is 3. The summed E-state index contributed by atoms with van der Waals surface area (Å²) >= 11 is 0. The van der Waals surface area contributed by atoms with E-state index in [1.165, 1.54) is 36.6 Å². The zero-order chi connectivity index (χ0) is 25.1. The molecule has 0 aromatic heterocycles. The van der Waals surface area contributed by atoms with Crippen molar-refractivity contribution in [2.45, 2.75) is 27.2 Å². The second-order valence-electron chi connectivity index (χ2n) is 7.63. The van der Waals surface area contributed by atoms with E-state index in [0.29, 0.717) is 28.8 Å². The highest BCUT2D eigenvalue weighted by Crippen LogP contribution is 2.35. The Morgan fingerprint density at radius 3 is 2.15 bits per heavy atom. The van der Waals surface area contributed by atoms with Gasteiger partial charge in [-0.05, 0) is 84.0 Å². The standard InChI is InChI=1S/C29H28F2N2O/c1-6-16-33-19-25(18-32-7-2)28(34)17-20(3)21(4)29(24-10-14-27(31)15-11-24)22(5)23-8-12-26(30)13-9-23/h2,8-15,17-19,33H,5-6,16H2,1,3-4H3/b20-17+,25-19-,29-21-,32-18?. The first-order chi connectivity index (χ1) is 16.3. The zero-order valence-electron chi connectivity index (χ0n) is 19.7. The van der Waals surface area contributed by atoms with E-state index in [1.807, 2.05) is 20.8 Å². The molecule has 0 bridgehead atoms. The average Bonchev–Trinajstić information content (AvgIpc) is 2.82. The van der Waals surface area contributed by atoms with Crippen LogP contribution in [0.4, 0.5) is 8.78 Å². The Labute approximate surface area is 200 Å². The minimum absolute atomic E-state index is 0.273. The van der Waals surface area contributed by atoms with Gasteiger partial charge < -0.3 is 5.32 Å². The van der Waals surface area contributed by atoms with E-state index in [0.717, 1.165) is 23.1 Å². The molecule has 2 aromatic rings. The van der Waals surface area contributed by atoms with Crippen LogP contribution in [0.1, 0.15) is 38.3 Å². The number of aliphatic imine (C=N–C) groups is 1. The largest absolute Gasteiger partial charge is 0.390 e. The van der Waals surface area contributed by atoms with Crippen molar-refractivity contribution in [3.63, 3.8) is 0 Å². The fourth-order valence-corrected chi connectivity index (χ4v) is 3.22. The smallest absolute Gasteiger partial charge is 0.189 e. The quantitative estimate of drug-likeness (QED) is 0.145. The van der Waals surface area contributed by atoms with Gasteiger partial charge in [0.2, 0.25) is 0 Å². The van der Waals surface area contributed by atoms with Gasteiger partial charge in [0.25, 0.3) is 0 Å². The van der Waals surface area contributed by atoms with Crippen LogP contribution in [-0.2, 0) is 4.79 Å². The van der Waals surface area contributed by atoms with E-state index in [-0.39, 0.29) is 17.4 Å². The molecule has 0 spiro atoms. The number of carbonyl (C=O) groups excluding carboxylic acids is 1. The van der Waals surface area contributed by atoms with Crippen molar-refractivity contribution in [3.05, 3.63) is 107 Å². The lowest BCUT2D eigenvalue weighted by Gasteiger charge is -2.17. The SMILES string of the molecule is C#CN=C/C(=C/NCCC)C(=O)/C=C(C)/C(C)=C(/C(=C)c1ccc(F)cc1)c1ccc(F)cc1. The molecule has 0 fully saturated rings. The molecule has 0 aliphatic rings. The van der Waals surface area contributed by atoms with E-state index in [4.69, 9.17) is 6.42 Å². The molecule has 0 aliphatic heterocycles. The second kappa shape index (κ2) is 12.9. The van der Waals surface area contributed by atoms with Gasteiger partial charge in [0.15, 0.2) is 5.78 Å². The fraction of sp³-hybridized carbons (Fsp3) is 0.172. The maximum atomic E-state index is 13.6. The molecule has 0 saturated heterocycles. The van der Waals surface area contributed by atoms with E-state index >= 15 is 0 Å². The molecule has 0 aliphatic carbocycles. The summed E-state index contributed by atoms with van der Waals surface area (Å²) in [5.41, 5.74) is 4.55. The fourth-order valence-electron chi connectivity index (χ4n) is 3.22. The third-order valence-electron chi connectivity index (χ3n) is 5.16. The molecule has 0 unspecified atom stereocenters. The summed E-state index contributed by atoms with van der Waals surface area (Å²) in [5, 5.41) is 3.06. The summed E-state index contributed by atoms with van der Waals surface area (Å²) in [6.07, 6.45) is 10.5. The number of nitrogens with zero attached hydrogens (tertiary/aromatic N) is 1. The Hall–Kier alpha value is -4.04. The summed E-state index contributed by atoms with van der Waals surface area (Å²) in [5.74, 6) is -0.991. The number of hydrogen-bond donors (Lipinski definition) is 1. The first kappa shape index (κ1) is 26.2. The minimum Gasteiger partial charge on any atom is -0.390 e. The van der Waals surface area contributed by atoms with Gasteiger partial charge >= 0.3 is 0 Å². The van der Waals surface area contributed by atoms with E-state index in [2.05, 4.69) is 22.9 Å². The van der Waals surface area contributed by atoms with Crippen molar-refractivity contribution in [2.24, 2.45) is 4.99 Å². The van der Waals surface area contributed by atoms with Gasteiger partial charge in [-0.25, -0.2) is 13.8 Å². The maximum Gasteiger partial charge on any atom is 0.189 e. The molecular formula is C29H28F2N2O. The van der Waals surface area contributed by atoms with Crippen molar-refractivity contribution in [2.75, 3.05) is 6.54 Å². The minimum atomic E-state index is -0.363. The molecule has 34 heavy (non-hydrogen) atoms. The number of allylic oxidation sites excluding steroid dienone is 6. The van der Waals surface area contributed by atoms with Crippen LogP contribution in [0, 0.1) is 24.1 Å². The molecule has 0 saturated carbocycles. The Kier molecular flexibility index (Phi) is 9.91. The number of rotatable bonds is 10. The van der Waals surface area contributed by atoms with Crippen LogP contribution in [0.2, 0.25) is 0 Å². The summed E-state index contributed by atoms with van der Waals surface area (Å²) in [6, 6.07) is 14.2. The predicted octanol–water partition coefficient (Wildman–Crippen LogP) is 6.51. The molecule has 1 N–H and O–H groups in total. The topological polar surface area (TPSA) is 41.5 Å². The number of terminal acetylenes is 1. The lowest BCUT2D eigenvalue weighted by atomic mass is 9.87. The van der Waals surface area contributed by atoms with Crippen LogP contribution < -0.4 is 5.32 Å². The van der Waals surface area contributed by atoms with Crippen molar-refractivity contribution < 1.29 is 13.6 Å². The van der Waals surface area contributed by atoms with Crippen LogP contribution in [0.15, 0.2) is 89.1 Å². The van der Waals surface area contributed by atoms with Gasteiger partial charge in [-0.15, -0.1) is 0 Å².